The molecule has 6 nitrogen and oxygen atoms in total. The smallest absolute Gasteiger partial charge is 0.257 e. The molecule has 178 valence electrons. The molecule has 2 fully saturated rings. The first kappa shape index (κ1) is 22.7. The summed E-state index contributed by atoms with van der Waals surface area (Å²) in [5, 5.41) is 3.55. The van der Waals surface area contributed by atoms with Gasteiger partial charge in [-0.3, -0.25) is 9.59 Å². The summed E-state index contributed by atoms with van der Waals surface area (Å²) in [6, 6.07) is 15.8. The van der Waals surface area contributed by atoms with Gasteiger partial charge in [0.1, 0.15) is 5.56 Å². The number of carbonyl (C=O) groups excluding carboxylic acids is 1. The third kappa shape index (κ3) is 5.02. The summed E-state index contributed by atoms with van der Waals surface area (Å²) in [7, 11) is 0. The van der Waals surface area contributed by atoms with Gasteiger partial charge in [-0.15, -0.1) is 0 Å². The Morgan fingerprint density at radius 2 is 1.76 bits per heavy atom. The molecule has 1 saturated carbocycles. The van der Waals surface area contributed by atoms with Gasteiger partial charge in [0.15, 0.2) is 0 Å². The Balaban J connectivity index is 1.50. The lowest BCUT2D eigenvalue weighted by atomic mass is 9.89. The molecule has 2 aliphatic rings. The number of hydrogen-bond donors (Lipinski definition) is 1. The normalized spacial score (nSPS) is 17.1. The van der Waals surface area contributed by atoms with Gasteiger partial charge in [0.2, 0.25) is 5.43 Å². The largest absolute Gasteiger partial charge is 0.378 e. The summed E-state index contributed by atoms with van der Waals surface area (Å²) in [6.45, 7) is 4.36. The lowest BCUT2D eigenvalue weighted by Crippen LogP contribution is -2.36. The SMILES string of the molecule is O=C(NCc1ccccc1)c1cn(CC2CCCCC2)c2cc(N3CCOCC3)ccc2c1=O. The molecule has 1 amide bonds. The fourth-order valence-electron chi connectivity index (χ4n) is 5.23. The fourth-order valence-corrected chi connectivity index (χ4v) is 5.23. The molecule has 1 aliphatic heterocycles. The van der Waals surface area contributed by atoms with Crippen molar-refractivity contribution in [1.29, 1.82) is 0 Å². The Morgan fingerprint density at radius 3 is 2.53 bits per heavy atom. The maximum Gasteiger partial charge on any atom is 0.257 e. The van der Waals surface area contributed by atoms with Crippen LogP contribution in [0.15, 0.2) is 59.5 Å². The molecule has 2 aromatic carbocycles. The van der Waals surface area contributed by atoms with Gasteiger partial charge in [-0.25, -0.2) is 0 Å². The quantitative estimate of drug-likeness (QED) is 0.595. The van der Waals surface area contributed by atoms with Crippen molar-refractivity contribution >= 4 is 22.5 Å². The first-order chi connectivity index (χ1) is 16.7. The average molecular weight is 460 g/mol. The van der Waals surface area contributed by atoms with E-state index < -0.39 is 0 Å². The van der Waals surface area contributed by atoms with Crippen LogP contribution in [0.1, 0.15) is 48.0 Å². The van der Waals surface area contributed by atoms with Gasteiger partial charge in [-0.1, -0.05) is 49.6 Å². The van der Waals surface area contributed by atoms with E-state index in [0.29, 0.717) is 31.1 Å². The minimum atomic E-state index is -0.314. The second-order valence-corrected chi connectivity index (χ2v) is 9.50. The lowest BCUT2D eigenvalue weighted by Gasteiger charge is -2.29. The van der Waals surface area contributed by atoms with Crippen LogP contribution in [0, 0.1) is 5.92 Å². The van der Waals surface area contributed by atoms with Gasteiger partial charge in [0.05, 0.1) is 18.7 Å². The molecule has 0 bridgehead atoms. The summed E-state index contributed by atoms with van der Waals surface area (Å²) in [5.74, 6) is 0.261. The zero-order chi connectivity index (χ0) is 23.3. The van der Waals surface area contributed by atoms with Crippen LogP contribution >= 0.6 is 0 Å². The molecule has 1 N–H and O–H groups in total. The molecule has 3 aromatic rings. The van der Waals surface area contributed by atoms with Crippen LogP contribution in [-0.4, -0.2) is 36.8 Å². The van der Waals surface area contributed by atoms with E-state index in [9.17, 15) is 9.59 Å². The number of pyridine rings is 1. The molecule has 6 heteroatoms. The van der Waals surface area contributed by atoms with Crippen molar-refractivity contribution in [3.8, 4) is 0 Å². The topological polar surface area (TPSA) is 63.6 Å². The Hall–Kier alpha value is -3.12. The van der Waals surface area contributed by atoms with Crippen LogP contribution in [-0.2, 0) is 17.8 Å². The van der Waals surface area contributed by atoms with Crippen LogP contribution in [0.3, 0.4) is 0 Å². The molecule has 0 spiro atoms. The Bertz CT molecular complexity index is 1190. The van der Waals surface area contributed by atoms with Gasteiger partial charge >= 0.3 is 0 Å². The van der Waals surface area contributed by atoms with Crippen LogP contribution in [0.4, 0.5) is 5.69 Å². The van der Waals surface area contributed by atoms with Gasteiger partial charge in [0.25, 0.3) is 5.91 Å². The molecule has 0 atom stereocenters. The third-order valence-electron chi connectivity index (χ3n) is 7.16. The van der Waals surface area contributed by atoms with E-state index >= 15 is 0 Å². The molecule has 0 radical (unpaired) electrons. The highest BCUT2D eigenvalue weighted by molar-refractivity contribution is 5.97. The summed E-state index contributed by atoms with van der Waals surface area (Å²) in [5.41, 5.74) is 3.05. The van der Waals surface area contributed by atoms with Crippen LogP contribution in [0.25, 0.3) is 10.9 Å². The number of aromatic nitrogens is 1. The molecule has 0 unspecified atom stereocenters. The van der Waals surface area contributed by atoms with E-state index in [1.54, 1.807) is 6.20 Å². The number of ether oxygens (including phenoxy) is 1. The summed E-state index contributed by atoms with van der Waals surface area (Å²) in [4.78, 5) is 28.8. The first-order valence-corrected chi connectivity index (χ1v) is 12.5. The summed E-state index contributed by atoms with van der Waals surface area (Å²) < 4.78 is 7.67. The van der Waals surface area contributed by atoms with Gasteiger partial charge in [-0.2, -0.15) is 0 Å². The number of benzene rings is 2. The minimum absolute atomic E-state index is 0.200. The zero-order valence-electron chi connectivity index (χ0n) is 19.7. The van der Waals surface area contributed by atoms with Gasteiger partial charge < -0.3 is 19.5 Å². The van der Waals surface area contributed by atoms with E-state index in [1.165, 1.54) is 32.1 Å². The Morgan fingerprint density at radius 1 is 1.00 bits per heavy atom. The fraction of sp³-hybridized carbons (Fsp3) is 0.429. The van der Waals surface area contributed by atoms with Crippen molar-refractivity contribution in [2.75, 3.05) is 31.2 Å². The molecule has 1 aromatic heterocycles. The Labute approximate surface area is 200 Å². The first-order valence-electron chi connectivity index (χ1n) is 12.5. The number of amides is 1. The van der Waals surface area contributed by atoms with Gasteiger partial charge in [0, 0.05) is 43.4 Å². The number of nitrogens with zero attached hydrogens (tertiary/aromatic N) is 2. The second-order valence-electron chi connectivity index (χ2n) is 9.50. The predicted octanol–water partition coefficient (Wildman–Crippen LogP) is 4.35. The number of rotatable bonds is 6. The summed E-state index contributed by atoms with van der Waals surface area (Å²) >= 11 is 0. The van der Waals surface area contributed by atoms with Crippen molar-refractivity contribution in [3.63, 3.8) is 0 Å². The molecule has 2 heterocycles. The molecule has 1 aliphatic carbocycles. The maximum absolute atomic E-state index is 13.4. The van der Waals surface area contributed by atoms with E-state index in [1.807, 2.05) is 42.5 Å². The summed E-state index contributed by atoms with van der Waals surface area (Å²) in [6.07, 6.45) is 8.01. The highest BCUT2D eigenvalue weighted by Crippen LogP contribution is 2.28. The van der Waals surface area contributed by atoms with E-state index in [4.69, 9.17) is 4.74 Å². The molecule has 34 heavy (non-hydrogen) atoms. The number of hydrogen-bond acceptors (Lipinski definition) is 4. The van der Waals surface area contributed by atoms with E-state index in [0.717, 1.165) is 36.4 Å². The second kappa shape index (κ2) is 10.4. The van der Waals surface area contributed by atoms with Crippen molar-refractivity contribution in [1.82, 2.24) is 9.88 Å². The molecule has 5 rings (SSSR count). The lowest BCUT2D eigenvalue weighted by molar-refractivity contribution is 0.0949. The minimum Gasteiger partial charge on any atom is -0.378 e. The van der Waals surface area contributed by atoms with E-state index in [-0.39, 0.29) is 16.9 Å². The van der Waals surface area contributed by atoms with Crippen molar-refractivity contribution in [3.05, 3.63) is 76.1 Å². The van der Waals surface area contributed by atoms with Crippen LogP contribution < -0.4 is 15.6 Å². The zero-order valence-corrected chi connectivity index (χ0v) is 19.7. The van der Waals surface area contributed by atoms with Gasteiger partial charge in [-0.05, 0) is 42.5 Å². The number of anilines is 1. The monoisotopic (exact) mass is 459 g/mol. The van der Waals surface area contributed by atoms with Crippen molar-refractivity contribution in [2.24, 2.45) is 5.92 Å². The molecular weight excluding hydrogens is 426 g/mol. The number of fused-ring (bicyclic) bond motifs is 1. The van der Waals surface area contributed by atoms with E-state index in [2.05, 4.69) is 20.9 Å². The average Bonchev–Trinajstić information content (AvgIpc) is 2.90. The highest BCUT2D eigenvalue weighted by Gasteiger charge is 2.20. The standard InChI is InChI=1S/C28H33N3O3/c32-27-24-12-11-23(30-13-15-34-16-14-30)17-26(24)31(19-22-9-5-2-6-10-22)20-25(27)28(33)29-18-21-7-3-1-4-8-21/h1,3-4,7-8,11-12,17,20,22H,2,5-6,9-10,13-16,18-19H2,(H,29,33). The number of carbonyl (C=O) groups is 1. The Kier molecular flexibility index (Phi) is 6.95. The van der Waals surface area contributed by atoms with Crippen molar-refractivity contribution in [2.45, 2.75) is 45.2 Å². The molecule has 1 saturated heterocycles. The number of nitrogens with one attached hydrogen (secondary N) is 1. The predicted molar refractivity (Wildman–Crippen MR) is 135 cm³/mol. The maximum atomic E-state index is 13.4. The van der Waals surface area contributed by atoms with Crippen molar-refractivity contribution < 1.29 is 9.53 Å². The van der Waals surface area contributed by atoms with Crippen LogP contribution in [0.5, 0.6) is 0 Å². The molecular formula is C28H33N3O3. The third-order valence-corrected chi connectivity index (χ3v) is 7.16. The highest BCUT2D eigenvalue weighted by atomic mass is 16.5. The number of morpholine rings is 1. The van der Waals surface area contributed by atoms with Crippen LogP contribution in [0.2, 0.25) is 0 Å².